The predicted octanol–water partition coefficient (Wildman–Crippen LogP) is 5.32. The summed E-state index contributed by atoms with van der Waals surface area (Å²) in [5.41, 5.74) is 2.02. The van der Waals surface area contributed by atoms with Crippen molar-refractivity contribution in [2.24, 2.45) is 0 Å². The van der Waals surface area contributed by atoms with Gasteiger partial charge in [0.05, 0.1) is 24.0 Å². The van der Waals surface area contributed by atoms with Gasteiger partial charge in [-0.15, -0.1) is 21.5 Å². The number of amides is 2. The number of halogens is 2. The molecule has 0 spiro atoms. The van der Waals surface area contributed by atoms with Gasteiger partial charge in [0, 0.05) is 16.1 Å². The number of nitrogens with zero attached hydrogens (tertiary/aromatic N) is 3. The number of hydrogen-bond acceptors (Lipinski definition) is 8. The number of benzene rings is 2. The van der Waals surface area contributed by atoms with Crippen molar-refractivity contribution in [3.63, 3.8) is 0 Å². The molecule has 0 fully saturated rings. The number of nitrogens with one attached hydrogen (secondary N) is 2. The van der Waals surface area contributed by atoms with Crippen molar-refractivity contribution in [2.45, 2.75) is 50.1 Å². The lowest BCUT2D eigenvalue weighted by Gasteiger charge is -2.14. The number of thioether (sulfide) groups is 1. The number of ether oxygens (including phenoxy) is 1. The lowest BCUT2D eigenvalue weighted by Crippen LogP contribution is -2.25. The van der Waals surface area contributed by atoms with Crippen molar-refractivity contribution in [1.82, 2.24) is 20.1 Å². The van der Waals surface area contributed by atoms with E-state index in [1.165, 1.54) is 53.8 Å². The predicted molar refractivity (Wildman–Crippen MR) is 155 cm³/mol. The summed E-state index contributed by atoms with van der Waals surface area (Å²) in [6.07, 6.45) is 2.57. The topological polar surface area (TPSA) is 115 Å². The van der Waals surface area contributed by atoms with Gasteiger partial charge in [0.2, 0.25) is 5.91 Å². The molecular weight excluding hydrogens is 584 g/mol. The highest BCUT2D eigenvalue weighted by Gasteiger charge is 2.30. The number of aryl methyl sites for hydroxylation is 1. The molecule has 0 saturated heterocycles. The van der Waals surface area contributed by atoms with E-state index in [-0.39, 0.29) is 24.6 Å². The zero-order valence-corrected chi connectivity index (χ0v) is 24.4. The summed E-state index contributed by atoms with van der Waals surface area (Å²) >= 11 is 2.51. The molecule has 13 heteroatoms. The molecule has 9 nitrogen and oxygen atoms in total. The fraction of sp³-hybridized carbons (Fsp3) is 0.276. The molecule has 0 saturated carbocycles. The van der Waals surface area contributed by atoms with Crippen LogP contribution in [-0.2, 0) is 28.9 Å². The number of anilines is 1. The van der Waals surface area contributed by atoms with Gasteiger partial charge in [-0.3, -0.25) is 14.2 Å². The molecule has 2 heterocycles. The number of rotatable bonds is 10. The Bertz CT molecular complexity index is 1640. The normalized spacial score (nSPS) is 13.0. The molecule has 2 aromatic carbocycles. The van der Waals surface area contributed by atoms with Crippen molar-refractivity contribution in [1.29, 1.82) is 0 Å². The summed E-state index contributed by atoms with van der Waals surface area (Å²) in [4.78, 5) is 39.7. The van der Waals surface area contributed by atoms with Gasteiger partial charge in [0.25, 0.3) is 5.91 Å². The molecule has 1 atom stereocenters. The van der Waals surface area contributed by atoms with E-state index in [1.807, 2.05) is 0 Å². The third-order valence-corrected chi connectivity index (χ3v) is 8.82. The first-order valence-electron chi connectivity index (χ1n) is 13.3. The van der Waals surface area contributed by atoms with Gasteiger partial charge in [-0.2, -0.15) is 0 Å². The fourth-order valence-electron chi connectivity index (χ4n) is 4.57. The summed E-state index contributed by atoms with van der Waals surface area (Å²) in [6, 6.07) is 10.9. The molecule has 5 rings (SSSR count). The Kier molecular flexibility index (Phi) is 8.97. The SMILES string of the molecule is CCOC(=O)c1c(NC(=O)[C@H](C)Sc2nnc(CNC(=O)c3cccc(F)c3)n2-c2ccc(F)cc2)sc2c1CCC2. The van der Waals surface area contributed by atoms with E-state index in [9.17, 15) is 23.2 Å². The second kappa shape index (κ2) is 12.8. The Labute approximate surface area is 248 Å². The number of hydrogen-bond donors (Lipinski definition) is 2. The molecule has 218 valence electrons. The van der Waals surface area contributed by atoms with E-state index in [4.69, 9.17) is 4.74 Å². The van der Waals surface area contributed by atoms with Crippen LogP contribution >= 0.6 is 23.1 Å². The minimum absolute atomic E-state index is 0.0650. The van der Waals surface area contributed by atoms with Crippen LogP contribution in [0.15, 0.2) is 53.7 Å². The van der Waals surface area contributed by atoms with E-state index in [2.05, 4.69) is 20.8 Å². The second-order valence-electron chi connectivity index (χ2n) is 9.43. The highest BCUT2D eigenvalue weighted by molar-refractivity contribution is 8.00. The summed E-state index contributed by atoms with van der Waals surface area (Å²) < 4.78 is 34.2. The first-order chi connectivity index (χ1) is 20.2. The molecule has 42 heavy (non-hydrogen) atoms. The monoisotopic (exact) mass is 611 g/mol. The van der Waals surface area contributed by atoms with Gasteiger partial charge in [-0.05, 0) is 81.1 Å². The van der Waals surface area contributed by atoms with Crippen molar-refractivity contribution < 1.29 is 27.9 Å². The number of carbonyl (C=O) groups is 3. The summed E-state index contributed by atoms with van der Waals surface area (Å²) in [5, 5.41) is 14.2. The molecule has 1 aliphatic carbocycles. The van der Waals surface area contributed by atoms with Crippen LogP contribution in [0.5, 0.6) is 0 Å². The van der Waals surface area contributed by atoms with E-state index in [0.29, 0.717) is 27.2 Å². The Morgan fingerprint density at radius 2 is 1.88 bits per heavy atom. The van der Waals surface area contributed by atoms with Crippen LogP contribution in [0.3, 0.4) is 0 Å². The molecule has 2 aromatic heterocycles. The van der Waals surface area contributed by atoms with E-state index < -0.39 is 28.8 Å². The van der Waals surface area contributed by atoms with Crippen LogP contribution < -0.4 is 10.6 Å². The standard InChI is InChI=1S/C29H27F2N5O4S2/c1-3-40-28(39)24-21-8-5-9-22(21)42-27(24)33-25(37)16(2)41-29-35-34-23(36(29)20-12-10-18(30)11-13-20)15-32-26(38)17-6-4-7-19(31)14-17/h4,6-7,10-14,16H,3,5,8-9,15H2,1-2H3,(H,32,38)(H,33,37)/t16-/m0/s1. The number of esters is 1. The van der Waals surface area contributed by atoms with Crippen molar-refractivity contribution >= 4 is 45.9 Å². The zero-order chi connectivity index (χ0) is 29.8. The van der Waals surface area contributed by atoms with Crippen LogP contribution in [0.25, 0.3) is 5.69 Å². The highest BCUT2D eigenvalue weighted by atomic mass is 32.2. The van der Waals surface area contributed by atoms with Gasteiger partial charge in [0.15, 0.2) is 11.0 Å². The van der Waals surface area contributed by atoms with Gasteiger partial charge >= 0.3 is 5.97 Å². The Hall–Kier alpha value is -4.10. The van der Waals surface area contributed by atoms with E-state index in [1.54, 1.807) is 18.4 Å². The number of carbonyl (C=O) groups excluding carboxylic acids is 3. The number of aromatic nitrogens is 3. The third kappa shape index (κ3) is 6.36. The van der Waals surface area contributed by atoms with Gasteiger partial charge in [-0.1, -0.05) is 17.8 Å². The van der Waals surface area contributed by atoms with Crippen LogP contribution in [0.1, 0.15) is 57.2 Å². The molecule has 2 amide bonds. The zero-order valence-electron chi connectivity index (χ0n) is 22.8. The molecule has 0 bridgehead atoms. The third-order valence-electron chi connectivity index (χ3n) is 6.57. The second-order valence-corrected chi connectivity index (χ2v) is 11.8. The molecule has 4 aromatic rings. The number of thiophene rings is 1. The Morgan fingerprint density at radius 3 is 2.62 bits per heavy atom. The first-order valence-corrected chi connectivity index (χ1v) is 15.0. The maximum atomic E-state index is 13.7. The highest BCUT2D eigenvalue weighted by Crippen LogP contribution is 2.40. The smallest absolute Gasteiger partial charge is 0.341 e. The molecule has 2 N–H and O–H groups in total. The quantitative estimate of drug-likeness (QED) is 0.184. The van der Waals surface area contributed by atoms with Crippen molar-refractivity contribution in [3.8, 4) is 5.69 Å². The largest absolute Gasteiger partial charge is 0.462 e. The van der Waals surface area contributed by atoms with Crippen LogP contribution in [0, 0.1) is 11.6 Å². The number of fused-ring (bicyclic) bond motifs is 1. The summed E-state index contributed by atoms with van der Waals surface area (Å²) in [6.45, 7) is 3.60. The minimum Gasteiger partial charge on any atom is -0.462 e. The average molecular weight is 612 g/mol. The lowest BCUT2D eigenvalue weighted by molar-refractivity contribution is -0.115. The molecule has 0 unspecified atom stereocenters. The molecule has 0 radical (unpaired) electrons. The van der Waals surface area contributed by atoms with Crippen molar-refractivity contribution in [2.75, 3.05) is 11.9 Å². The maximum absolute atomic E-state index is 13.7. The van der Waals surface area contributed by atoms with Crippen molar-refractivity contribution in [3.05, 3.63) is 87.6 Å². The van der Waals surface area contributed by atoms with Crippen LogP contribution in [-0.4, -0.2) is 44.4 Å². The van der Waals surface area contributed by atoms with Gasteiger partial charge in [0.1, 0.15) is 16.6 Å². The van der Waals surface area contributed by atoms with Crippen LogP contribution in [0.2, 0.25) is 0 Å². The maximum Gasteiger partial charge on any atom is 0.341 e. The first kappa shape index (κ1) is 29.4. The fourth-order valence-corrected chi connectivity index (χ4v) is 6.74. The Balaban J connectivity index is 1.36. The van der Waals surface area contributed by atoms with E-state index >= 15 is 0 Å². The summed E-state index contributed by atoms with van der Waals surface area (Å²) in [7, 11) is 0. The molecule has 1 aliphatic rings. The van der Waals surface area contributed by atoms with Gasteiger partial charge in [-0.25, -0.2) is 13.6 Å². The molecular formula is C29H27F2N5O4S2. The lowest BCUT2D eigenvalue weighted by atomic mass is 10.1. The van der Waals surface area contributed by atoms with Crippen LogP contribution in [0.4, 0.5) is 13.8 Å². The van der Waals surface area contributed by atoms with Gasteiger partial charge < -0.3 is 15.4 Å². The summed E-state index contributed by atoms with van der Waals surface area (Å²) in [5.74, 6) is -1.96. The minimum atomic E-state index is -0.671. The average Bonchev–Trinajstić information content (AvgIpc) is 3.67. The molecule has 0 aliphatic heterocycles. The Morgan fingerprint density at radius 1 is 1.10 bits per heavy atom. The van der Waals surface area contributed by atoms with E-state index in [0.717, 1.165) is 47.5 Å².